The van der Waals surface area contributed by atoms with E-state index < -0.39 is 26.9 Å². The fourth-order valence-electron chi connectivity index (χ4n) is 3.57. The maximum atomic E-state index is 13.3. The number of nitrogens with zero attached hydrogens (tertiary/aromatic N) is 2. The van der Waals surface area contributed by atoms with Crippen molar-refractivity contribution in [3.8, 4) is 5.75 Å². The number of methoxy groups -OCH3 is 1. The van der Waals surface area contributed by atoms with Gasteiger partial charge in [-0.25, -0.2) is 8.42 Å². The summed E-state index contributed by atoms with van der Waals surface area (Å²) in [5.41, 5.74) is 1.04. The molecule has 30 heavy (non-hydrogen) atoms. The molecular weight excluding hydrogens is 410 g/mol. The van der Waals surface area contributed by atoms with Gasteiger partial charge in [-0.05, 0) is 44.4 Å². The summed E-state index contributed by atoms with van der Waals surface area (Å²) in [6.07, 6.45) is 0.899. The van der Waals surface area contributed by atoms with Crippen LogP contribution >= 0.6 is 0 Å². The molecule has 1 N–H and O–H groups in total. The number of rotatable bonds is 6. The normalized spacial score (nSPS) is 17.0. The van der Waals surface area contributed by atoms with E-state index in [1.54, 1.807) is 25.1 Å². The Morgan fingerprint density at radius 2 is 2.00 bits per heavy atom. The molecule has 0 bridgehead atoms. The first kappa shape index (κ1) is 21.7. The molecule has 1 aliphatic heterocycles. The molecule has 2 aromatic rings. The third-order valence-electron chi connectivity index (χ3n) is 5.25. The minimum atomic E-state index is -3.94. The monoisotopic (exact) mass is 433 g/mol. The number of amides is 1. The first-order chi connectivity index (χ1) is 14.2. The van der Waals surface area contributed by atoms with E-state index in [9.17, 15) is 23.3 Å². The lowest BCUT2D eigenvalue weighted by Crippen LogP contribution is -2.43. The van der Waals surface area contributed by atoms with E-state index in [0.29, 0.717) is 29.7 Å². The number of sulfonamides is 1. The van der Waals surface area contributed by atoms with Gasteiger partial charge in [0, 0.05) is 18.7 Å². The highest BCUT2D eigenvalue weighted by atomic mass is 32.2. The molecule has 1 amide bonds. The quantitative estimate of drug-likeness (QED) is 0.552. The Bertz CT molecular complexity index is 1100. The molecule has 2 aromatic carbocycles. The summed E-state index contributed by atoms with van der Waals surface area (Å²) < 4.78 is 32.9. The van der Waals surface area contributed by atoms with Crippen molar-refractivity contribution >= 4 is 27.3 Å². The highest BCUT2D eigenvalue weighted by Gasteiger charge is 2.40. The number of anilines is 1. The fraction of sp³-hybridized carbons (Fsp3) is 0.350. The standard InChI is InChI=1S/C20H23N3O6S/c1-13-9-10-15(29-3)12-19(13)30(27,28)22-11-5-8-18(22)20(24)21-16-6-4-7-17(14(16)2)23(25)26/h4,6-7,9-10,12,18H,5,8,11H2,1-3H3,(H,21,24). The zero-order chi connectivity index (χ0) is 22.1. The lowest BCUT2D eigenvalue weighted by Gasteiger charge is -2.24. The van der Waals surface area contributed by atoms with Crippen LogP contribution in [0.15, 0.2) is 41.3 Å². The van der Waals surface area contributed by atoms with Crippen molar-refractivity contribution in [3.05, 3.63) is 57.6 Å². The van der Waals surface area contributed by atoms with Crippen molar-refractivity contribution in [1.29, 1.82) is 0 Å². The van der Waals surface area contributed by atoms with Gasteiger partial charge in [0.1, 0.15) is 11.8 Å². The Balaban J connectivity index is 1.90. The third-order valence-corrected chi connectivity index (χ3v) is 7.30. The molecule has 1 unspecified atom stereocenters. The van der Waals surface area contributed by atoms with Gasteiger partial charge in [-0.1, -0.05) is 12.1 Å². The lowest BCUT2D eigenvalue weighted by molar-refractivity contribution is -0.385. The van der Waals surface area contributed by atoms with Crippen LogP contribution in [-0.4, -0.2) is 43.2 Å². The summed E-state index contributed by atoms with van der Waals surface area (Å²) in [7, 11) is -2.48. The highest BCUT2D eigenvalue weighted by molar-refractivity contribution is 7.89. The predicted octanol–water partition coefficient (Wildman–Crippen LogP) is 3.01. The highest BCUT2D eigenvalue weighted by Crippen LogP contribution is 2.31. The fourth-order valence-corrected chi connectivity index (χ4v) is 5.47. The Hall–Kier alpha value is -2.98. The molecule has 0 spiro atoms. The van der Waals surface area contributed by atoms with Gasteiger partial charge in [-0.15, -0.1) is 0 Å². The van der Waals surface area contributed by atoms with Crippen molar-refractivity contribution in [1.82, 2.24) is 4.31 Å². The van der Waals surface area contributed by atoms with Crippen LogP contribution in [0.5, 0.6) is 5.75 Å². The minimum Gasteiger partial charge on any atom is -0.497 e. The number of aryl methyl sites for hydroxylation is 1. The number of carbonyl (C=O) groups excluding carboxylic acids is 1. The van der Waals surface area contributed by atoms with E-state index in [2.05, 4.69) is 5.32 Å². The van der Waals surface area contributed by atoms with Crippen LogP contribution in [0.1, 0.15) is 24.0 Å². The Morgan fingerprint density at radius 1 is 1.27 bits per heavy atom. The van der Waals surface area contributed by atoms with Gasteiger partial charge >= 0.3 is 0 Å². The van der Waals surface area contributed by atoms with E-state index in [-0.39, 0.29) is 22.8 Å². The number of nitrogens with one attached hydrogen (secondary N) is 1. The number of hydrogen-bond donors (Lipinski definition) is 1. The zero-order valence-electron chi connectivity index (χ0n) is 16.9. The van der Waals surface area contributed by atoms with Gasteiger partial charge < -0.3 is 10.1 Å². The van der Waals surface area contributed by atoms with Gasteiger partial charge in [0.15, 0.2) is 0 Å². The third kappa shape index (κ3) is 4.01. The van der Waals surface area contributed by atoms with E-state index >= 15 is 0 Å². The summed E-state index contributed by atoms with van der Waals surface area (Å²) in [4.78, 5) is 23.6. The molecule has 1 saturated heterocycles. The molecule has 0 aromatic heterocycles. The topological polar surface area (TPSA) is 119 Å². The van der Waals surface area contributed by atoms with Crippen LogP contribution in [-0.2, 0) is 14.8 Å². The van der Waals surface area contributed by atoms with E-state index in [4.69, 9.17) is 4.74 Å². The average molecular weight is 433 g/mol. The smallest absolute Gasteiger partial charge is 0.274 e. The van der Waals surface area contributed by atoms with Gasteiger partial charge in [0.05, 0.1) is 28.2 Å². The van der Waals surface area contributed by atoms with Crippen molar-refractivity contribution in [2.24, 2.45) is 0 Å². The molecule has 1 fully saturated rings. The van der Waals surface area contributed by atoms with Crippen molar-refractivity contribution in [2.75, 3.05) is 19.0 Å². The van der Waals surface area contributed by atoms with Crippen LogP contribution in [0, 0.1) is 24.0 Å². The molecule has 9 nitrogen and oxygen atoms in total. The molecule has 160 valence electrons. The Kier molecular flexibility index (Phi) is 6.09. The van der Waals surface area contributed by atoms with Crippen molar-refractivity contribution in [3.63, 3.8) is 0 Å². The number of nitro groups is 1. The zero-order valence-corrected chi connectivity index (χ0v) is 17.7. The second-order valence-electron chi connectivity index (χ2n) is 7.10. The largest absolute Gasteiger partial charge is 0.497 e. The summed E-state index contributed by atoms with van der Waals surface area (Å²) in [6.45, 7) is 3.44. The van der Waals surface area contributed by atoms with Crippen LogP contribution < -0.4 is 10.1 Å². The van der Waals surface area contributed by atoms with Crippen LogP contribution in [0.4, 0.5) is 11.4 Å². The molecular formula is C20H23N3O6S. The molecule has 1 atom stereocenters. The lowest BCUT2D eigenvalue weighted by atomic mass is 10.1. The van der Waals surface area contributed by atoms with Gasteiger partial charge in [-0.3, -0.25) is 14.9 Å². The van der Waals surface area contributed by atoms with Crippen LogP contribution in [0.3, 0.4) is 0 Å². The van der Waals surface area contributed by atoms with Crippen LogP contribution in [0.2, 0.25) is 0 Å². The van der Waals surface area contributed by atoms with Crippen molar-refractivity contribution < 1.29 is 22.9 Å². The second kappa shape index (κ2) is 8.41. The maximum absolute atomic E-state index is 13.3. The molecule has 0 aliphatic carbocycles. The molecule has 1 aliphatic rings. The van der Waals surface area contributed by atoms with Crippen LogP contribution in [0.25, 0.3) is 0 Å². The number of nitro benzene ring substituents is 1. The molecule has 1 heterocycles. The summed E-state index contributed by atoms with van der Waals surface area (Å²) >= 11 is 0. The first-order valence-corrected chi connectivity index (χ1v) is 10.8. The number of carbonyl (C=O) groups is 1. The Labute approximate surface area is 174 Å². The van der Waals surface area contributed by atoms with E-state index in [1.165, 1.54) is 36.5 Å². The summed E-state index contributed by atoms with van der Waals surface area (Å²) in [5, 5.41) is 13.8. The molecule has 3 rings (SSSR count). The number of hydrogen-bond acceptors (Lipinski definition) is 6. The van der Waals surface area contributed by atoms with Gasteiger partial charge in [0.25, 0.3) is 5.69 Å². The number of ether oxygens (including phenoxy) is 1. The summed E-state index contributed by atoms with van der Waals surface area (Å²) in [6, 6.07) is 8.26. The average Bonchev–Trinajstić information content (AvgIpc) is 3.20. The summed E-state index contributed by atoms with van der Waals surface area (Å²) in [5.74, 6) is -0.105. The second-order valence-corrected chi connectivity index (χ2v) is 8.96. The maximum Gasteiger partial charge on any atom is 0.274 e. The molecule has 0 saturated carbocycles. The molecule has 0 radical (unpaired) electrons. The number of benzene rings is 2. The molecule has 10 heteroatoms. The van der Waals surface area contributed by atoms with E-state index in [0.717, 1.165) is 0 Å². The predicted molar refractivity (Wildman–Crippen MR) is 111 cm³/mol. The van der Waals surface area contributed by atoms with Gasteiger partial charge in [-0.2, -0.15) is 4.31 Å². The van der Waals surface area contributed by atoms with Crippen molar-refractivity contribution in [2.45, 2.75) is 37.6 Å². The minimum absolute atomic E-state index is 0.0908. The first-order valence-electron chi connectivity index (χ1n) is 9.38. The van der Waals surface area contributed by atoms with E-state index in [1.807, 2.05) is 0 Å². The SMILES string of the molecule is COc1ccc(C)c(S(=O)(=O)N2CCCC2C(=O)Nc2cccc([N+](=O)[O-])c2C)c1. The Morgan fingerprint density at radius 3 is 2.67 bits per heavy atom. The van der Waals surface area contributed by atoms with Gasteiger partial charge in [0.2, 0.25) is 15.9 Å².